The quantitative estimate of drug-likeness (QED) is 0.155. The Bertz CT molecular complexity index is 1260. The fraction of sp³-hybridized carbons (Fsp3) is 0.583. The van der Waals surface area contributed by atoms with Gasteiger partial charge in [-0.1, -0.05) is 97.9 Å². The van der Waals surface area contributed by atoms with Crippen LogP contribution in [0.3, 0.4) is 0 Å². The minimum atomic E-state index is -1.99. The lowest BCUT2D eigenvalue weighted by molar-refractivity contribution is 0.0182. The van der Waals surface area contributed by atoms with E-state index < -0.39 is 14.3 Å². The predicted octanol–water partition coefficient (Wildman–Crippen LogP) is 10.0. The summed E-state index contributed by atoms with van der Waals surface area (Å²) in [6.07, 6.45) is 13.9. The maximum Gasteiger partial charge on any atom is 0.335 e. The number of rotatable bonds is 12. The van der Waals surface area contributed by atoms with E-state index in [4.69, 9.17) is 9.16 Å². The number of unbranched alkanes of at least 4 members (excludes halogenated alkanes) is 4. The zero-order valence-electron chi connectivity index (χ0n) is 26.7. The molecule has 0 saturated heterocycles. The molecule has 1 fully saturated rings. The molecule has 2 aromatic rings. The highest BCUT2D eigenvalue weighted by molar-refractivity contribution is 6.74. The van der Waals surface area contributed by atoms with Crippen molar-refractivity contribution in [1.82, 2.24) is 0 Å². The van der Waals surface area contributed by atoms with Crippen molar-refractivity contribution in [1.29, 1.82) is 0 Å². The van der Waals surface area contributed by atoms with Gasteiger partial charge in [-0.25, -0.2) is 4.79 Å². The third-order valence-corrected chi connectivity index (χ3v) is 14.7. The van der Waals surface area contributed by atoms with Gasteiger partial charge in [-0.05, 0) is 78.4 Å². The molecule has 2 aromatic carbocycles. The first-order chi connectivity index (χ1) is 19.2. The van der Waals surface area contributed by atoms with Crippen LogP contribution in [0.2, 0.25) is 18.1 Å². The third-order valence-electron chi connectivity index (χ3n) is 10.3. The van der Waals surface area contributed by atoms with Crippen molar-refractivity contribution in [3.63, 3.8) is 0 Å². The molecule has 5 heteroatoms. The SMILES string of the molecule is CCCCCCCOc1cc2c(cc1/C=C/c1ccc(C(=O)O)cc1)C1(C)CCCC2(C)C1O[Si](C)(C)C(C)(C)C. The van der Waals surface area contributed by atoms with Gasteiger partial charge in [0.25, 0.3) is 0 Å². The second-order valence-corrected chi connectivity index (χ2v) is 19.2. The average Bonchev–Trinajstić information content (AvgIpc) is 2.99. The maximum atomic E-state index is 11.3. The van der Waals surface area contributed by atoms with E-state index in [1.54, 1.807) is 12.1 Å². The van der Waals surface area contributed by atoms with Crippen molar-refractivity contribution in [3.8, 4) is 5.75 Å². The van der Waals surface area contributed by atoms with E-state index in [1.807, 2.05) is 12.1 Å². The second-order valence-electron chi connectivity index (χ2n) is 14.4. The van der Waals surface area contributed by atoms with Gasteiger partial charge in [-0.15, -0.1) is 0 Å². The Balaban J connectivity index is 1.72. The van der Waals surface area contributed by atoms with E-state index in [0.717, 1.165) is 36.1 Å². The Kier molecular flexibility index (Phi) is 9.30. The summed E-state index contributed by atoms with van der Waals surface area (Å²) in [5.74, 6) is 0.0391. The van der Waals surface area contributed by atoms with E-state index in [-0.39, 0.29) is 22.0 Å². The number of ether oxygens (including phenoxy) is 1. The van der Waals surface area contributed by atoms with Crippen LogP contribution in [0.15, 0.2) is 36.4 Å². The van der Waals surface area contributed by atoms with Crippen molar-refractivity contribution >= 4 is 26.4 Å². The zero-order chi connectivity index (χ0) is 30.1. The molecular formula is C36H52O4Si. The van der Waals surface area contributed by atoms with Crippen LogP contribution in [0.1, 0.15) is 126 Å². The van der Waals surface area contributed by atoms with Gasteiger partial charge < -0.3 is 14.3 Å². The van der Waals surface area contributed by atoms with Crippen LogP contribution in [-0.4, -0.2) is 32.1 Å². The molecule has 3 atom stereocenters. The fourth-order valence-corrected chi connectivity index (χ4v) is 8.14. The fourth-order valence-electron chi connectivity index (χ4n) is 6.68. The number of hydrogen-bond donors (Lipinski definition) is 1. The molecule has 41 heavy (non-hydrogen) atoms. The molecule has 1 N–H and O–H groups in total. The Labute approximate surface area is 249 Å². The Hall–Kier alpha value is -2.37. The van der Waals surface area contributed by atoms with E-state index >= 15 is 0 Å². The molecule has 0 heterocycles. The normalized spacial score (nSPS) is 24.0. The van der Waals surface area contributed by atoms with Crippen molar-refractivity contribution in [2.75, 3.05) is 6.61 Å². The van der Waals surface area contributed by atoms with E-state index in [0.29, 0.717) is 12.2 Å². The van der Waals surface area contributed by atoms with E-state index in [2.05, 4.69) is 78.9 Å². The number of carboxylic acids is 1. The van der Waals surface area contributed by atoms with Crippen LogP contribution in [0, 0.1) is 0 Å². The van der Waals surface area contributed by atoms with Crippen LogP contribution < -0.4 is 4.74 Å². The molecule has 3 unspecified atom stereocenters. The number of carbonyl (C=O) groups is 1. The number of hydrogen-bond acceptors (Lipinski definition) is 3. The van der Waals surface area contributed by atoms with Crippen molar-refractivity contribution in [3.05, 3.63) is 64.2 Å². The summed E-state index contributed by atoms with van der Waals surface area (Å²) < 4.78 is 13.9. The molecule has 2 aliphatic carbocycles. The molecule has 0 radical (unpaired) electrons. The highest BCUT2D eigenvalue weighted by atomic mass is 28.4. The topological polar surface area (TPSA) is 55.8 Å². The largest absolute Gasteiger partial charge is 0.493 e. The summed E-state index contributed by atoms with van der Waals surface area (Å²) in [7, 11) is -1.99. The number of carboxylic acid groups (broad SMARTS) is 1. The van der Waals surface area contributed by atoms with Gasteiger partial charge in [0, 0.05) is 16.4 Å². The summed E-state index contributed by atoms with van der Waals surface area (Å²) >= 11 is 0. The van der Waals surface area contributed by atoms with Crippen LogP contribution in [0.5, 0.6) is 5.75 Å². The van der Waals surface area contributed by atoms with Crippen LogP contribution in [0.4, 0.5) is 0 Å². The molecule has 2 bridgehead atoms. The monoisotopic (exact) mass is 576 g/mol. The van der Waals surface area contributed by atoms with Crippen LogP contribution in [-0.2, 0) is 15.3 Å². The van der Waals surface area contributed by atoms with Crippen molar-refractivity contribution in [2.24, 2.45) is 0 Å². The average molecular weight is 577 g/mol. The van der Waals surface area contributed by atoms with Gasteiger partial charge in [0.05, 0.1) is 18.3 Å². The molecule has 224 valence electrons. The summed E-state index contributed by atoms with van der Waals surface area (Å²) in [6, 6.07) is 11.8. The molecule has 4 nitrogen and oxygen atoms in total. The maximum absolute atomic E-state index is 11.3. The van der Waals surface area contributed by atoms with Gasteiger partial charge in [-0.2, -0.15) is 0 Å². The standard InChI is InChI=1S/C36H52O4Si/c1-9-10-11-12-13-23-39-31-25-30-29(24-28(31)20-17-26-15-18-27(19-16-26)32(37)38)35(5)21-14-22-36(30,6)33(35)40-41(7,8)34(2,3)4/h15-20,24-25,33H,9-14,21-23H2,1-8H3,(H,37,38)/b20-17+. The highest BCUT2D eigenvalue weighted by Gasteiger charge is 2.60. The Morgan fingerprint density at radius 3 is 2.17 bits per heavy atom. The summed E-state index contributed by atoms with van der Waals surface area (Å²) in [4.78, 5) is 11.3. The first-order valence-electron chi connectivity index (χ1n) is 15.7. The first-order valence-corrected chi connectivity index (χ1v) is 18.6. The van der Waals surface area contributed by atoms with Gasteiger partial charge in [0.15, 0.2) is 8.32 Å². The lowest BCUT2D eigenvalue weighted by atomic mass is 9.66. The minimum Gasteiger partial charge on any atom is -0.493 e. The molecule has 0 amide bonds. The summed E-state index contributed by atoms with van der Waals surface area (Å²) in [5.41, 5.74) is 5.10. The smallest absolute Gasteiger partial charge is 0.335 e. The minimum absolute atomic E-state index is 0.0357. The number of fused-ring (bicyclic) bond motifs is 5. The predicted molar refractivity (Wildman–Crippen MR) is 174 cm³/mol. The van der Waals surface area contributed by atoms with Crippen molar-refractivity contribution in [2.45, 2.75) is 128 Å². The lowest BCUT2D eigenvalue weighted by Gasteiger charge is -2.50. The summed E-state index contributed by atoms with van der Waals surface area (Å²) in [6.45, 7) is 19.6. The molecule has 0 spiro atoms. The van der Waals surface area contributed by atoms with Gasteiger partial charge in [0.2, 0.25) is 0 Å². The molecule has 0 aromatic heterocycles. The lowest BCUT2D eigenvalue weighted by Crippen LogP contribution is -2.55. The molecular weight excluding hydrogens is 524 g/mol. The van der Waals surface area contributed by atoms with E-state index in [1.165, 1.54) is 43.2 Å². The molecule has 0 aliphatic heterocycles. The third kappa shape index (κ3) is 6.36. The molecule has 1 saturated carbocycles. The molecule has 2 aliphatic rings. The van der Waals surface area contributed by atoms with Gasteiger partial charge in [0.1, 0.15) is 5.75 Å². The first kappa shape index (κ1) is 31.6. The number of aromatic carboxylic acids is 1. The van der Waals surface area contributed by atoms with E-state index in [9.17, 15) is 9.90 Å². The Morgan fingerprint density at radius 2 is 1.59 bits per heavy atom. The number of benzene rings is 2. The Morgan fingerprint density at radius 1 is 0.976 bits per heavy atom. The zero-order valence-corrected chi connectivity index (χ0v) is 27.7. The molecule has 4 rings (SSSR count). The summed E-state index contributed by atoms with van der Waals surface area (Å²) in [5, 5.41) is 9.43. The second kappa shape index (κ2) is 12.1. The highest BCUT2D eigenvalue weighted by Crippen LogP contribution is 2.61. The van der Waals surface area contributed by atoms with Gasteiger partial charge >= 0.3 is 5.97 Å². The van der Waals surface area contributed by atoms with Crippen LogP contribution in [0.25, 0.3) is 12.2 Å². The van der Waals surface area contributed by atoms with Crippen molar-refractivity contribution < 1.29 is 19.1 Å². The van der Waals surface area contributed by atoms with Gasteiger partial charge in [-0.3, -0.25) is 0 Å². The van der Waals surface area contributed by atoms with Crippen LogP contribution >= 0.6 is 0 Å².